The van der Waals surface area contributed by atoms with Crippen molar-refractivity contribution in [2.24, 2.45) is 0 Å². The van der Waals surface area contributed by atoms with E-state index in [2.05, 4.69) is 17.4 Å². The first-order valence-electron chi connectivity index (χ1n) is 7.06. The number of aliphatic hydroxyl groups excluding tert-OH is 1. The summed E-state index contributed by atoms with van der Waals surface area (Å²) in [4.78, 5) is 0. The molecule has 0 amide bonds. The molecule has 0 saturated carbocycles. The van der Waals surface area contributed by atoms with E-state index in [1.807, 2.05) is 24.3 Å². The van der Waals surface area contributed by atoms with Crippen LogP contribution in [0.5, 0.6) is 11.5 Å². The van der Waals surface area contributed by atoms with Crippen molar-refractivity contribution in [1.82, 2.24) is 0 Å². The molecule has 1 heterocycles. The van der Waals surface area contributed by atoms with Gasteiger partial charge in [-0.15, -0.1) is 0 Å². The molecule has 0 fully saturated rings. The lowest BCUT2D eigenvalue weighted by Gasteiger charge is -2.11. The van der Waals surface area contributed by atoms with E-state index in [1.54, 1.807) is 7.11 Å². The largest absolute Gasteiger partial charge is 0.496 e. The Morgan fingerprint density at radius 3 is 2.95 bits per heavy atom. The van der Waals surface area contributed by atoms with Gasteiger partial charge in [-0.25, -0.2) is 0 Å². The molecular formula is C17H19NO3. The second kappa shape index (κ2) is 6.06. The number of anilines is 1. The van der Waals surface area contributed by atoms with Crippen molar-refractivity contribution < 1.29 is 14.6 Å². The van der Waals surface area contributed by atoms with Crippen molar-refractivity contribution >= 4 is 5.69 Å². The van der Waals surface area contributed by atoms with Crippen molar-refractivity contribution in [1.29, 1.82) is 0 Å². The molecule has 110 valence electrons. The summed E-state index contributed by atoms with van der Waals surface area (Å²) in [7, 11) is 1.61. The fourth-order valence-corrected chi connectivity index (χ4v) is 2.57. The van der Waals surface area contributed by atoms with Gasteiger partial charge in [0.1, 0.15) is 11.5 Å². The maximum Gasteiger partial charge on any atom is 0.124 e. The zero-order valence-corrected chi connectivity index (χ0v) is 12.1. The van der Waals surface area contributed by atoms with Gasteiger partial charge >= 0.3 is 0 Å². The van der Waals surface area contributed by atoms with Gasteiger partial charge in [-0.3, -0.25) is 0 Å². The molecule has 0 bridgehead atoms. The van der Waals surface area contributed by atoms with Crippen molar-refractivity contribution in [3.63, 3.8) is 0 Å². The Labute approximate surface area is 124 Å². The van der Waals surface area contributed by atoms with E-state index in [-0.39, 0.29) is 6.61 Å². The van der Waals surface area contributed by atoms with Gasteiger partial charge in [0, 0.05) is 24.2 Å². The Morgan fingerprint density at radius 1 is 1.24 bits per heavy atom. The molecule has 0 atom stereocenters. The summed E-state index contributed by atoms with van der Waals surface area (Å²) >= 11 is 0. The normalized spacial score (nSPS) is 12.7. The van der Waals surface area contributed by atoms with Gasteiger partial charge in [0.05, 0.1) is 20.3 Å². The van der Waals surface area contributed by atoms with Crippen LogP contribution >= 0.6 is 0 Å². The highest BCUT2D eigenvalue weighted by atomic mass is 16.5. The Hall–Kier alpha value is -2.20. The molecule has 4 heteroatoms. The van der Waals surface area contributed by atoms with E-state index >= 15 is 0 Å². The number of hydrogen-bond donors (Lipinski definition) is 2. The second-order valence-electron chi connectivity index (χ2n) is 5.08. The zero-order valence-electron chi connectivity index (χ0n) is 12.1. The average Bonchev–Trinajstić information content (AvgIpc) is 3.00. The van der Waals surface area contributed by atoms with Crippen LogP contribution in [0.25, 0.3) is 0 Å². The minimum Gasteiger partial charge on any atom is -0.496 e. The summed E-state index contributed by atoms with van der Waals surface area (Å²) in [5.74, 6) is 1.71. The number of benzene rings is 2. The third-order valence-electron chi connectivity index (χ3n) is 3.70. The fraction of sp³-hybridized carbons (Fsp3) is 0.294. The monoisotopic (exact) mass is 285 g/mol. The first kappa shape index (κ1) is 13.8. The Bertz CT molecular complexity index is 640. The van der Waals surface area contributed by atoms with Crippen molar-refractivity contribution in [3.8, 4) is 11.5 Å². The summed E-state index contributed by atoms with van der Waals surface area (Å²) in [6.45, 7) is 1.49. The lowest BCUT2D eigenvalue weighted by atomic mass is 10.1. The number of fused-ring (bicyclic) bond motifs is 1. The molecule has 3 rings (SSSR count). The summed E-state index contributed by atoms with van der Waals surface area (Å²) in [6, 6.07) is 12.0. The van der Waals surface area contributed by atoms with Crippen LogP contribution in [0.2, 0.25) is 0 Å². The first-order chi connectivity index (χ1) is 10.3. The van der Waals surface area contributed by atoms with Crippen LogP contribution in [0.1, 0.15) is 16.7 Å². The molecule has 1 aliphatic heterocycles. The zero-order chi connectivity index (χ0) is 14.7. The Morgan fingerprint density at radius 2 is 2.14 bits per heavy atom. The molecule has 0 aliphatic carbocycles. The van der Waals surface area contributed by atoms with Crippen LogP contribution in [-0.4, -0.2) is 18.8 Å². The van der Waals surface area contributed by atoms with Crippen LogP contribution < -0.4 is 14.8 Å². The van der Waals surface area contributed by atoms with Crippen molar-refractivity contribution in [2.45, 2.75) is 19.6 Å². The SMILES string of the molecule is COc1ccc(NCc2ccc3c(c2)CCO3)cc1CO. The molecule has 0 spiro atoms. The quantitative estimate of drug-likeness (QED) is 0.887. The van der Waals surface area contributed by atoms with E-state index in [1.165, 1.54) is 11.1 Å². The number of aliphatic hydroxyl groups is 1. The first-order valence-corrected chi connectivity index (χ1v) is 7.06. The lowest BCUT2D eigenvalue weighted by molar-refractivity contribution is 0.274. The molecule has 21 heavy (non-hydrogen) atoms. The van der Waals surface area contributed by atoms with Gasteiger partial charge in [0.2, 0.25) is 0 Å². The van der Waals surface area contributed by atoms with Crippen LogP contribution in [0, 0.1) is 0 Å². The molecule has 2 N–H and O–H groups in total. The van der Waals surface area contributed by atoms with Crippen LogP contribution in [0.3, 0.4) is 0 Å². The fourth-order valence-electron chi connectivity index (χ4n) is 2.57. The van der Waals surface area contributed by atoms with Crippen LogP contribution in [-0.2, 0) is 19.6 Å². The molecule has 0 aromatic heterocycles. The van der Waals surface area contributed by atoms with Gasteiger partial charge in [0.25, 0.3) is 0 Å². The average molecular weight is 285 g/mol. The highest BCUT2D eigenvalue weighted by molar-refractivity contribution is 5.51. The highest BCUT2D eigenvalue weighted by Gasteiger charge is 2.11. The number of nitrogens with one attached hydrogen (secondary N) is 1. The van der Waals surface area contributed by atoms with Crippen LogP contribution in [0.15, 0.2) is 36.4 Å². The van der Waals surface area contributed by atoms with Gasteiger partial charge in [0.15, 0.2) is 0 Å². The lowest BCUT2D eigenvalue weighted by Crippen LogP contribution is -2.01. The summed E-state index contributed by atoms with van der Waals surface area (Å²) in [5.41, 5.74) is 4.25. The summed E-state index contributed by atoms with van der Waals surface area (Å²) < 4.78 is 10.7. The molecule has 0 unspecified atom stereocenters. The minimum atomic E-state index is -0.0329. The minimum absolute atomic E-state index is 0.0329. The third-order valence-corrected chi connectivity index (χ3v) is 3.70. The predicted molar refractivity (Wildman–Crippen MR) is 81.9 cm³/mol. The molecule has 0 saturated heterocycles. The smallest absolute Gasteiger partial charge is 0.124 e. The van der Waals surface area contributed by atoms with E-state index < -0.39 is 0 Å². The number of hydrogen-bond acceptors (Lipinski definition) is 4. The van der Waals surface area contributed by atoms with Crippen LogP contribution in [0.4, 0.5) is 5.69 Å². The molecule has 4 nitrogen and oxygen atoms in total. The Kier molecular flexibility index (Phi) is 3.97. The maximum atomic E-state index is 9.34. The molecule has 2 aromatic carbocycles. The molecule has 0 radical (unpaired) electrons. The van der Waals surface area contributed by atoms with Crippen molar-refractivity contribution in [2.75, 3.05) is 19.0 Å². The Balaban J connectivity index is 1.70. The third kappa shape index (κ3) is 2.95. The van der Waals surface area contributed by atoms with E-state index in [0.717, 1.165) is 36.6 Å². The molecule has 2 aromatic rings. The number of ether oxygens (including phenoxy) is 2. The topological polar surface area (TPSA) is 50.7 Å². The van der Waals surface area contributed by atoms with Gasteiger partial charge < -0.3 is 19.9 Å². The van der Waals surface area contributed by atoms with E-state index in [4.69, 9.17) is 9.47 Å². The molecule has 1 aliphatic rings. The van der Waals surface area contributed by atoms with E-state index in [0.29, 0.717) is 5.75 Å². The van der Waals surface area contributed by atoms with E-state index in [9.17, 15) is 5.11 Å². The summed E-state index contributed by atoms with van der Waals surface area (Å²) in [5, 5.41) is 12.7. The maximum absolute atomic E-state index is 9.34. The van der Waals surface area contributed by atoms with Gasteiger partial charge in [-0.05, 0) is 35.4 Å². The van der Waals surface area contributed by atoms with Gasteiger partial charge in [-0.1, -0.05) is 12.1 Å². The standard InChI is InChI=1S/C17H19NO3/c1-20-16-5-3-15(9-14(16)11-19)18-10-12-2-4-17-13(8-12)6-7-21-17/h2-5,8-9,18-19H,6-7,10-11H2,1H3. The van der Waals surface area contributed by atoms with Crippen molar-refractivity contribution in [3.05, 3.63) is 53.1 Å². The molecular weight excluding hydrogens is 266 g/mol. The highest BCUT2D eigenvalue weighted by Crippen LogP contribution is 2.27. The summed E-state index contributed by atoms with van der Waals surface area (Å²) in [6.07, 6.45) is 0.986. The predicted octanol–water partition coefficient (Wildman–Crippen LogP) is 2.73. The van der Waals surface area contributed by atoms with Gasteiger partial charge in [-0.2, -0.15) is 0 Å². The number of rotatable bonds is 5. The number of methoxy groups -OCH3 is 1. The second-order valence-corrected chi connectivity index (χ2v) is 5.08.